The first-order chi connectivity index (χ1) is 9.09. The SMILES string of the molecule is Cc1[nH]cnc1C(=O)NN=Cc1c(Cl)cccc1Cl. The fraction of sp³-hybridized carbons (Fsp3) is 0.0833. The number of aromatic nitrogens is 2. The van der Waals surface area contributed by atoms with Crippen LogP contribution in [0.15, 0.2) is 29.6 Å². The van der Waals surface area contributed by atoms with Gasteiger partial charge in [0.05, 0.1) is 22.6 Å². The van der Waals surface area contributed by atoms with Gasteiger partial charge in [0.2, 0.25) is 0 Å². The highest BCUT2D eigenvalue weighted by Crippen LogP contribution is 2.21. The molecule has 0 spiro atoms. The topological polar surface area (TPSA) is 70.1 Å². The normalized spacial score (nSPS) is 10.9. The number of nitrogens with one attached hydrogen (secondary N) is 2. The van der Waals surface area contributed by atoms with Crippen molar-refractivity contribution in [3.8, 4) is 0 Å². The Morgan fingerprint density at radius 3 is 2.68 bits per heavy atom. The highest BCUT2D eigenvalue weighted by Gasteiger charge is 2.10. The van der Waals surface area contributed by atoms with Gasteiger partial charge in [-0.05, 0) is 19.1 Å². The number of nitrogens with zero attached hydrogens (tertiary/aromatic N) is 2. The van der Waals surface area contributed by atoms with Crippen molar-refractivity contribution >= 4 is 35.3 Å². The molecule has 2 aromatic rings. The zero-order valence-corrected chi connectivity index (χ0v) is 11.5. The Labute approximate surface area is 119 Å². The van der Waals surface area contributed by atoms with Gasteiger partial charge in [0, 0.05) is 11.3 Å². The van der Waals surface area contributed by atoms with Gasteiger partial charge in [-0.1, -0.05) is 29.3 Å². The molecule has 2 rings (SSSR count). The Morgan fingerprint density at radius 2 is 2.11 bits per heavy atom. The molecule has 0 radical (unpaired) electrons. The van der Waals surface area contributed by atoms with Gasteiger partial charge >= 0.3 is 0 Å². The standard InChI is InChI=1S/C12H10Cl2N4O/c1-7-11(16-6-15-7)12(19)18-17-5-8-9(13)3-2-4-10(8)14/h2-6H,1H3,(H,15,16)(H,18,19). The van der Waals surface area contributed by atoms with Gasteiger partial charge in [-0.15, -0.1) is 0 Å². The number of H-pyrrole nitrogens is 1. The molecule has 19 heavy (non-hydrogen) atoms. The number of carbonyl (C=O) groups excluding carboxylic acids is 1. The first kappa shape index (κ1) is 13.6. The maximum Gasteiger partial charge on any atom is 0.291 e. The number of hydrogen-bond donors (Lipinski definition) is 2. The molecule has 1 aromatic heterocycles. The molecule has 0 unspecified atom stereocenters. The number of aryl methyl sites for hydroxylation is 1. The second kappa shape index (κ2) is 5.86. The van der Waals surface area contributed by atoms with Crippen LogP contribution in [0, 0.1) is 6.92 Å². The second-order valence-electron chi connectivity index (χ2n) is 3.71. The molecule has 0 saturated carbocycles. The predicted octanol–water partition coefficient (Wildman–Crippen LogP) is 2.79. The van der Waals surface area contributed by atoms with E-state index in [9.17, 15) is 4.79 Å². The van der Waals surface area contributed by atoms with E-state index in [4.69, 9.17) is 23.2 Å². The lowest BCUT2D eigenvalue weighted by molar-refractivity contribution is 0.0950. The van der Waals surface area contributed by atoms with Gasteiger partial charge in [0.25, 0.3) is 5.91 Å². The third kappa shape index (κ3) is 3.13. The summed E-state index contributed by atoms with van der Waals surface area (Å²) >= 11 is 11.9. The van der Waals surface area contributed by atoms with Crippen molar-refractivity contribution < 1.29 is 4.79 Å². The first-order valence-electron chi connectivity index (χ1n) is 5.37. The summed E-state index contributed by atoms with van der Waals surface area (Å²) in [6.45, 7) is 1.75. The van der Waals surface area contributed by atoms with Crippen LogP contribution in [0.4, 0.5) is 0 Å². The number of hydrogen-bond acceptors (Lipinski definition) is 3. The van der Waals surface area contributed by atoms with E-state index in [1.807, 2.05) is 0 Å². The molecule has 0 aliphatic carbocycles. The highest BCUT2D eigenvalue weighted by atomic mass is 35.5. The third-order valence-corrected chi connectivity index (χ3v) is 3.06. The van der Waals surface area contributed by atoms with Crippen molar-refractivity contribution in [2.45, 2.75) is 6.92 Å². The Balaban J connectivity index is 2.09. The number of imidazole rings is 1. The Morgan fingerprint density at radius 1 is 1.42 bits per heavy atom. The zero-order valence-electron chi connectivity index (χ0n) is 9.95. The monoisotopic (exact) mass is 296 g/mol. The summed E-state index contributed by atoms with van der Waals surface area (Å²) in [6, 6.07) is 5.11. The van der Waals surface area contributed by atoms with Crippen LogP contribution >= 0.6 is 23.2 Å². The molecular formula is C12H10Cl2N4O. The molecule has 98 valence electrons. The zero-order chi connectivity index (χ0) is 13.8. The Kier molecular flexibility index (Phi) is 4.19. The van der Waals surface area contributed by atoms with Crippen LogP contribution < -0.4 is 5.43 Å². The van der Waals surface area contributed by atoms with E-state index in [-0.39, 0.29) is 0 Å². The van der Waals surface area contributed by atoms with Gasteiger partial charge in [-0.3, -0.25) is 4.79 Å². The smallest absolute Gasteiger partial charge is 0.291 e. The molecule has 2 N–H and O–H groups in total. The van der Waals surface area contributed by atoms with Crippen LogP contribution in [0.1, 0.15) is 21.7 Å². The quantitative estimate of drug-likeness (QED) is 0.675. The van der Waals surface area contributed by atoms with Crippen molar-refractivity contribution in [2.24, 2.45) is 5.10 Å². The maximum atomic E-state index is 11.7. The molecular weight excluding hydrogens is 287 g/mol. The number of aromatic amines is 1. The van der Waals surface area contributed by atoms with Crippen molar-refractivity contribution in [3.63, 3.8) is 0 Å². The Bertz CT molecular complexity index is 616. The molecule has 7 heteroatoms. The number of rotatable bonds is 3. The summed E-state index contributed by atoms with van der Waals surface area (Å²) in [6.07, 6.45) is 2.84. The van der Waals surface area contributed by atoms with E-state index in [0.29, 0.717) is 27.0 Å². The van der Waals surface area contributed by atoms with Crippen LogP contribution in [-0.2, 0) is 0 Å². The lowest BCUT2D eigenvalue weighted by atomic mass is 10.2. The van der Waals surface area contributed by atoms with E-state index < -0.39 is 5.91 Å². The molecule has 1 heterocycles. The first-order valence-corrected chi connectivity index (χ1v) is 6.12. The molecule has 0 bridgehead atoms. The fourth-order valence-electron chi connectivity index (χ4n) is 1.43. The van der Waals surface area contributed by atoms with E-state index in [2.05, 4.69) is 20.5 Å². The van der Waals surface area contributed by atoms with Crippen molar-refractivity contribution in [1.82, 2.24) is 15.4 Å². The lowest BCUT2D eigenvalue weighted by Crippen LogP contribution is -2.19. The van der Waals surface area contributed by atoms with Crippen LogP contribution in [0.3, 0.4) is 0 Å². The van der Waals surface area contributed by atoms with E-state index in [1.54, 1.807) is 25.1 Å². The van der Waals surface area contributed by atoms with Gasteiger partial charge in [0.15, 0.2) is 5.69 Å². The minimum atomic E-state index is -0.404. The van der Waals surface area contributed by atoms with Gasteiger partial charge < -0.3 is 4.98 Å². The predicted molar refractivity (Wildman–Crippen MR) is 74.8 cm³/mol. The minimum Gasteiger partial charge on any atom is -0.348 e. The summed E-state index contributed by atoms with van der Waals surface area (Å²) in [7, 11) is 0. The maximum absolute atomic E-state index is 11.7. The van der Waals surface area contributed by atoms with Crippen LogP contribution in [-0.4, -0.2) is 22.1 Å². The molecule has 0 atom stereocenters. The number of halogens is 2. The van der Waals surface area contributed by atoms with Gasteiger partial charge in [0.1, 0.15) is 0 Å². The summed E-state index contributed by atoms with van der Waals surface area (Å²) in [5, 5.41) is 4.73. The summed E-state index contributed by atoms with van der Waals surface area (Å²) in [5.74, 6) is -0.404. The van der Waals surface area contributed by atoms with E-state index in [0.717, 1.165) is 0 Å². The van der Waals surface area contributed by atoms with Crippen molar-refractivity contribution in [3.05, 3.63) is 51.5 Å². The summed E-state index contributed by atoms with van der Waals surface area (Å²) in [5.41, 5.74) is 3.87. The Hall–Kier alpha value is -1.85. The van der Waals surface area contributed by atoms with Crippen LogP contribution in [0.2, 0.25) is 10.0 Å². The number of benzene rings is 1. The van der Waals surface area contributed by atoms with Crippen molar-refractivity contribution in [2.75, 3.05) is 0 Å². The summed E-state index contributed by atoms with van der Waals surface area (Å²) in [4.78, 5) is 18.4. The number of amides is 1. The molecule has 1 amide bonds. The molecule has 0 saturated heterocycles. The summed E-state index contributed by atoms with van der Waals surface area (Å²) < 4.78 is 0. The largest absolute Gasteiger partial charge is 0.348 e. The van der Waals surface area contributed by atoms with Gasteiger partial charge in [-0.2, -0.15) is 5.10 Å². The molecule has 5 nitrogen and oxygen atoms in total. The average molecular weight is 297 g/mol. The fourth-order valence-corrected chi connectivity index (χ4v) is 1.93. The number of carbonyl (C=O) groups is 1. The van der Waals surface area contributed by atoms with E-state index >= 15 is 0 Å². The van der Waals surface area contributed by atoms with Crippen molar-refractivity contribution in [1.29, 1.82) is 0 Å². The molecule has 0 aliphatic heterocycles. The second-order valence-corrected chi connectivity index (χ2v) is 4.53. The van der Waals surface area contributed by atoms with Crippen LogP contribution in [0.25, 0.3) is 0 Å². The molecule has 0 aliphatic rings. The minimum absolute atomic E-state index is 0.294. The van der Waals surface area contributed by atoms with Gasteiger partial charge in [-0.25, -0.2) is 10.4 Å². The van der Waals surface area contributed by atoms with Crippen LogP contribution in [0.5, 0.6) is 0 Å². The molecule has 1 aromatic carbocycles. The lowest BCUT2D eigenvalue weighted by Gasteiger charge is -2.01. The highest BCUT2D eigenvalue weighted by molar-refractivity contribution is 6.38. The molecule has 0 fully saturated rings. The third-order valence-electron chi connectivity index (χ3n) is 2.40. The average Bonchev–Trinajstić information content (AvgIpc) is 2.79. The van der Waals surface area contributed by atoms with E-state index in [1.165, 1.54) is 12.5 Å². The number of hydrazone groups is 1.